The van der Waals surface area contributed by atoms with Crippen molar-refractivity contribution in [1.82, 2.24) is 9.97 Å². The molecule has 0 fully saturated rings. The lowest BCUT2D eigenvalue weighted by Gasteiger charge is -2.06. The van der Waals surface area contributed by atoms with Crippen molar-refractivity contribution in [2.45, 2.75) is 6.92 Å². The van der Waals surface area contributed by atoms with Crippen LogP contribution >= 0.6 is 0 Å². The molecule has 0 spiro atoms. The molecule has 0 aliphatic carbocycles. The minimum atomic E-state index is -1.44. The SMILES string of the molecule is CC(O)=C(N=Nc1ccc(C(=O)O)cc1C(=O)O)C(=O)Nc1ccc2[nH]c(=O)[nH]c2c1. The van der Waals surface area contributed by atoms with Crippen molar-refractivity contribution in [3.8, 4) is 0 Å². The number of rotatable bonds is 6. The number of aromatic nitrogens is 2. The lowest BCUT2D eigenvalue weighted by molar-refractivity contribution is -0.113. The molecular weight excluding hydrogens is 410 g/mol. The number of H-pyrrole nitrogens is 2. The number of aromatic carboxylic acids is 2. The normalized spacial score (nSPS) is 12.0. The van der Waals surface area contributed by atoms with Gasteiger partial charge >= 0.3 is 17.6 Å². The molecule has 3 rings (SSSR count). The quantitative estimate of drug-likeness (QED) is 0.198. The van der Waals surface area contributed by atoms with Crippen molar-refractivity contribution in [2.24, 2.45) is 10.2 Å². The van der Waals surface area contributed by atoms with E-state index in [1.807, 2.05) is 0 Å². The Morgan fingerprint density at radius 1 is 0.935 bits per heavy atom. The molecule has 0 saturated heterocycles. The van der Waals surface area contributed by atoms with E-state index in [9.17, 15) is 29.4 Å². The maximum atomic E-state index is 12.5. The van der Waals surface area contributed by atoms with E-state index in [0.29, 0.717) is 16.7 Å². The number of nitrogens with one attached hydrogen (secondary N) is 3. The van der Waals surface area contributed by atoms with Crippen molar-refractivity contribution in [3.63, 3.8) is 0 Å². The molecule has 12 heteroatoms. The third kappa shape index (κ3) is 4.64. The highest BCUT2D eigenvalue weighted by Crippen LogP contribution is 2.23. The Morgan fingerprint density at radius 2 is 1.65 bits per heavy atom. The van der Waals surface area contributed by atoms with E-state index in [1.165, 1.54) is 19.1 Å². The number of nitrogens with zero attached hydrogens (tertiary/aromatic N) is 2. The number of carboxylic acids is 2. The first-order valence-electron chi connectivity index (χ1n) is 8.61. The summed E-state index contributed by atoms with van der Waals surface area (Å²) < 4.78 is 0. The van der Waals surface area contributed by atoms with Crippen LogP contribution in [0.4, 0.5) is 11.4 Å². The fourth-order valence-corrected chi connectivity index (χ4v) is 2.61. The molecule has 0 aliphatic heterocycles. The molecule has 6 N–H and O–H groups in total. The maximum Gasteiger partial charge on any atom is 0.337 e. The van der Waals surface area contributed by atoms with Crippen LogP contribution < -0.4 is 11.0 Å². The second-order valence-corrected chi connectivity index (χ2v) is 6.27. The smallest absolute Gasteiger partial charge is 0.337 e. The summed E-state index contributed by atoms with van der Waals surface area (Å²) in [6.07, 6.45) is 0. The number of fused-ring (bicyclic) bond motifs is 1. The Hall–Kier alpha value is -4.74. The van der Waals surface area contributed by atoms with Crippen LogP contribution in [0.1, 0.15) is 27.6 Å². The Balaban J connectivity index is 1.88. The largest absolute Gasteiger partial charge is 0.510 e. The lowest BCUT2D eigenvalue weighted by atomic mass is 10.1. The lowest BCUT2D eigenvalue weighted by Crippen LogP contribution is -2.14. The number of carbonyl (C=O) groups is 3. The topological polar surface area (TPSA) is 197 Å². The van der Waals surface area contributed by atoms with E-state index in [0.717, 1.165) is 18.2 Å². The number of hydrogen-bond donors (Lipinski definition) is 6. The van der Waals surface area contributed by atoms with Crippen LogP contribution in [-0.4, -0.2) is 43.1 Å². The van der Waals surface area contributed by atoms with Crippen LogP contribution in [0.15, 0.2) is 62.9 Å². The number of allylic oxidation sites excluding steroid dienone is 1. The van der Waals surface area contributed by atoms with Gasteiger partial charge in [-0.2, -0.15) is 0 Å². The number of aromatic amines is 2. The third-order valence-corrected chi connectivity index (χ3v) is 4.06. The van der Waals surface area contributed by atoms with Crippen LogP contribution in [0.5, 0.6) is 0 Å². The fourth-order valence-electron chi connectivity index (χ4n) is 2.61. The average Bonchev–Trinajstić information content (AvgIpc) is 3.06. The molecule has 3 aromatic rings. The van der Waals surface area contributed by atoms with Gasteiger partial charge in [0.15, 0.2) is 5.70 Å². The second kappa shape index (κ2) is 8.32. The van der Waals surface area contributed by atoms with Crippen LogP contribution in [0.2, 0.25) is 0 Å². The molecule has 0 unspecified atom stereocenters. The summed E-state index contributed by atoms with van der Waals surface area (Å²) in [5, 5.41) is 37.9. The Labute approximate surface area is 172 Å². The summed E-state index contributed by atoms with van der Waals surface area (Å²) in [7, 11) is 0. The van der Waals surface area contributed by atoms with Gasteiger partial charge in [-0.3, -0.25) is 4.79 Å². The van der Waals surface area contributed by atoms with E-state index in [2.05, 4.69) is 25.5 Å². The van der Waals surface area contributed by atoms with Gasteiger partial charge in [0.25, 0.3) is 5.91 Å². The summed E-state index contributed by atoms with van der Waals surface area (Å²) >= 11 is 0. The van der Waals surface area contributed by atoms with Gasteiger partial charge in [0, 0.05) is 5.69 Å². The van der Waals surface area contributed by atoms with Gasteiger partial charge in [-0.25, -0.2) is 14.4 Å². The number of benzene rings is 2. The number of anilines is 1. The van der Waals surface area contributed by atoms with Crippen molar-refractivity contribution in [3.05, 3.63) is 69.5 Å². The number of aliphatic hydroxyl groups is 1. The number of carbonyl (C=O) groups excluding carboxylic acids is 1. The maximum absolute atomic E-state index is 12.5. The molecule has 0 aliphatic rings. The van der Waals surface area contributed by atoms with Gasteiger partial charge in [-0.1, -0.05) is 0 Å². The van der Waals surface area contributed by atoms with Gasteiger partial charge in [-0.15, -0.1) is 10.2 Å². The van der Waals surface area contributed by atoms with E-state index < -0.39 is 40.6 Å². The van der Waals surface area contributed by atoms with Crippen molar-refractivity contribution >= 4 is 40.3 Å². The van der Waals surface area contributed by atoms with Gasteiger partial charge in [0.05, 0.1) is 22.2 Å². The predicted molar refractivity (Wildman–Crippen MR) is 108 cm³/mol. The standard InChI is InChI=1S/C19H15N5O7/c1-8(25)15(16(26)20-10-3-5-13-14(7-10)22-19(31)21-13)24-23-12-4-2-9(17(27)28)6-11(12)18(29)30/h2-7,25H,1H3,(H,20,26)(H,27,28)(H,29,30)(H2,21,22,31). The fraction of sp³-hybridized carbons (Fsp3) is 0.0526. The zero-order chi connectivity index (χ0) is 22.7. The van der Waals surface area contributed by atoms with E-state index in [-0.39, 0.29) is 11.3 Å². The minimum Gasteiger partial charge on any atom is -0.510 e. The van der Waals surface area contributed by atoms with E-state index in [1.54, 1.807) is 6.07 Å². The molecule has 1 amide bonds. The minimum absolute atomic E-state index is 0.213. The first kappa shape index (κ1) is 21.0. The van der Waals surface area contributed by atoms with Crippen molar-refractivity contribution < 1.29 is 29.7 Å². The van der Waals surface area contributed by atoms with Gasteiger partial charge < -0.3 is 30.6 Å². The van der Waals surface area contributed by atoms with Crippen molar-refractivity contribution in [2.75, 3.05) is 5.32 Å². The molecule has 0 radical (unpaired) electrons. The van der Waals surface area contributed by atoms with Crippen LogP contribution in [0, 0.1) is 0 Å². The van der Waals surface area contributed by atoms with Crippen LogP contribution in [0.25, 0.3) is 11.0 Å². The second-order valence-electron chi connectivity index (χ2n) is 6.27. The zero-order valence-electron chi connectivity index (χ0n) is 15.8. The molecule has 158 valence electrons. The average molecular weight is 425 g/mol. The number of aliphatic hydroxyl groups excluding tert-OH is 1. The molecule has 1 aromatic heterocycles. The molecule has 31 heavy (non-hydrogen) atoms. The molecule has 0 bridgehead atoms. The Bertz CT molecular complexity index is 1330. The number of amides is 1. The number of hydrogen-bond acceptors (Lipinski definition) is 7. The number of azo groups is 1. The highest BCUT2D eigenvalue weighted by Gasteiger charge is 2.17. The van der Waals surface area contributed by atoms with E-state index >= 15 is 0 Å². The first-order valence-corrected chi connectivity index (χ1v) is 8.61. The molecule has 2 aromatic carbocycles. The first-order chi connectivity index (χ1) is 14.7. The summed E-state index contributed by atoms with van der Waals surface area (Å²) in [6, 6.07) is 7.71. The van der Waals surface area contributed by atoms with Crippen LogP contribution in [0.3, 0.4) is 0 Å². The highest BCUT2D eigenvalue weighted by molar-refractivity contribution is 6.04. The van der Waals surface area contributed by atoms with Crippen LogP contribution in [-0.2, 0) is 4.79 Å². The summed E-state index contributed by atoms with van der Waals surface area (Å²) in [5.74, 6) is -4.10. The predicted octanol–water partition coefficient (Wildman–Crippen LogP) is 2.76. The highest BCUT2D eigenvalue weighted by atomic mass is 16.4. The molecule has 12 nitrogen and oxygen atoms in total. The molecule has 1 heterocycles. The zero-order valence-corrected chi connectivity index (χ0v) is 15.8. The van der Waals surface area contributed by atoms with Gasteiger partial charge in [0.1, 0.15) is 11.4 Å². The van der Waals surface area contributed by atoms with Gasteiger partial charge in [-0.05, 0) is 43.3 Å². The number of carboxylic acid groups (broad SMARTS) is 2. The molecular formula is C19H15N5O7. The summed E-state index contributed by atoms with van der Waals surface area (Å²) in [4.78, 5) is 51.4. The Morgan fingerprint density at radius 3 is 2.29 bits per heavy atom. The van der Waals surface area contributed by atoms with Crippen molar-refractivity contribution in [1.29, 1.82) is 0 Å². The molecule has 0 saturated carbocycles. The summed E-state index contributed by atoms with van der Waals surface area (Å²) in [5.41, 5.74) is -0.567. The molecule has 0 atom stereocenters. The Kier molecular flexibility index (Phi) is 5.63. The number of imidazole rings is 1. The van der Waals surface area contributed by atoms with Gasteiger partial charge in [0.2, 0.25) is 0 Å². The monoisotopic (exact) mass is 425 g/mol. The van der Waals surface area contributed by atoms with E-state index in [4.69, 9.17) is 5.11 Å². The third-order valence-electron chi connectivity index (χ3n) is 4.06. The summed E-state index contributed by atoms with van der Waals surface area (Å²) in [6.45, 7) is 1.19.